The van der Waals surface area contributed by atoms with Gasteiger partial charge in [-0.1, -0.05) is 12.1 Å². The average Bonchev–Trinajstić information content (AvgIpc) is 2.79. The highest BCUT2D eigenvalue weighted by Gasteiger charge is 2.21. The van der Waals surface area contributed by atoms with Crippen molar-refractivity contribution in [2.24, 2.45) is 0 Å². The van der Waals surface area contributed by atoms with E-state index in [0.717, 1.165) is 30.9 Å². The summed E-state index contributed by atoms with van der Waals surface area (Å²) < 4.78 is 13.1. The standard InChI is InChI=1S/C26H29FN4O/c1-18-15-31(16-19(2)29-18)17-20-4-11-24(12-5-20)30(3)26(32)22-8-13-25(28-14-22)21-6-9-23(27)10-7-21/h4-14,18-19,29H,15-17H2,1-3H3/t18-,19+. The van der Waals surface area contributed by atoms with E-state index in [0.29, 0.717) is 23.3 Å². The second-order valence-electron chi connectivity index (χ2n) is 8.63. The van der Waals surface area contributed by atoms with Gasteiger partial charge in [-0.15, -0.1) is 0 Å². The Morgan fingerprint density at radius 3 is 2.28 bits per heavy atom. The maximum atomic E-state index is 13.1. The van der Waals surface area contributed by atoms with Crippen LogP contribution in [-0.4, -0.2) is 48.0 Å². The van der Waals surface area contributed by atoms with Gasteiger partial charge in [-0.2, -0.15) is 0 Å². The number of piperazine rings is 1. The molecule has 5 nitrogen and oxygen atoms in total. The molecule has 0 unspecified atom stereocenters. The number of carbonyl (C=O) groups excluding carboxylic acids is 1. The molecule has 1 saturated heterocycles. The Balaban J connectivity index is 1.40. The number of aromatic nitrogens is 1. The van der Waals surface area contributed by atoms with Gasteiger partial charge in [0.15, 0.2) is 0 Å². The summed E-state index contributed by atoms with van der Waals surface area (Å²) in [6, 6.07) is 18.8. The van der Waals surface area contributed by atoms with Gasteiger partial charge in [-0.05, 0) is 67.9 Å². The van der Waals surface area contributed by atoms with Crippen LogP contribution in [-0.2, 0) is 6.54 Å². The first kappa shape index (κ1) is 22.1. The minimum Gasteiger partial charge on any atom is -0.311 e. The van der Waals surface area contributed by atoms with Crippen LogP contribution in [0.1, 0.15) is 29.8 Å². The topological polar surface area (TPSA) is 48.5 Å². The molecule has 0 saturated carbocycles. The third-order valence-corrected chi connectivity index (χ3v) is 5.82. The van der Waals surface area contributed by atoms with E-state index in [-0.39, 0.29) is 11.7 Å². The van der Waals surface area contributed by atoms with Crippen molar-refractivity contribution in [1.29, 1.82) is 0 Å². The van der Waals surface area contributed by atoms with E-state index in [1.54, 1.807) is 42.4 Å². The number of halogens is 1. The average molecular weight is 433 g/mol. The molecule has 2 aromatic carbocycles. The molecular weight excluding hydrogens is 403 g/mol. The number of carbonyl (C=O) groups is 1. The molecule has 32 heavy (non-hydrogen) atoms. The third-order valence-electron chi connectivity index (χ3n) is 5.82. The first-order valence-electron chi connectivity index (χ1n) is 11.0. The lowest BCUT2D eigenvalue weighted by Crippen LogP contribution is -2.53. The van der Waals surface area contributed by atoms with Gasteiger partial charge in [-0.25, -0.2) is 4.39 Å². The van der Waals surface area contributed by atoms with Gasteiger partial charge in [0.2, 0.25) is 0 Å². The molecule has 0 aliphatic carbocycles. The van der Waals surface area contributed by atoms with Gasteiger partial charge >= 0.3 is 0 Å². The summed E-state index contributed by atoms with van der Waals surface area (Å²) in [5.41, 5.74) is 4.09. The molecule has 6 heteroatoms. The predicted octanol–water partition coefficient (Wildman–Crippen LogP) is 4.35. The molecule has 0 radical (unpaired) electrons. The Morgan fingerprint density at radius 2 is 1.69 bits per heavy atom. The number of rotatable bonds is 5. The maximum Gasteiger partial charge on any atom is 0.259 e. The molecule has 4 rings (SSSR count). The van der Waals surface area contributed by atoms with Crippen molar-refractivity contribution in [1.82, 2.24) is 15.2 Å². The second-order valence-corrected chi connectivity index (χ2v) is 8.63. The molecule has 3 aromatic rings. The Morgan fingerprint density at radius 1 is 1.03 bits per heavy atom. The SMILES string of the molecule is C[C@@H]1CN(Cc2ccc(N(C)C(=O)c3ccc(-c4ccc(F)cc4)nc3)cc2)C[C@H](C)N1. The lowest BCUT2D eigenvalue weighted by Gasteiger charge is -2.36. The van der Waals surface area contributed by atoms with Crippen LogP contribution in [0.25, 0.3) is 11.3 Å². The molecule has 1 aliphatic rings. The van der Waals surface area contributed by atoms with Gasteiger partial charge in [0.25, 0.3) is 5.91 Å². The predicted molar refractivity (Wildman–Crippen MR) is 126 cm³/mol. The first-order valence-corrected chi connectivity index (χ1v) is 11.0. The van der Waals surface area contributed by atoms with E-state index in [1.807, 2.05) is 12.1 Å². The van der Waals surface area contributed by atoms with Gasteiger partial charge in [0, 0.05) is 56.2 Å². The Labute approximate surface area is 188 Å². The molecule has 1 aliphatic heterocycles. The summed E-state index contributed by atoms with van der Waals surface area (Å²) in [6.07, 6.45) is 1.57. The summed E-state index contributed by atoms with van der Waals surface area (Å²) in [7, 11) is 1.77. The number of amides is 1. The molecular formula is C26H29FN4O. The first-order chi connectivity index (χ1) is 15.4. The van der Waals surface area contributed by atoms with Crippen LogP contribution in [0.4, 0.5) is 10.1 Å². The lowest BCUT2D eigenvalue weighted by atomic mass is 10.1. The maximum absolute atomic E-state index is 13.1. The van der Waals surface area contributed by atoms with Crippen LogP contribution >= 0.6 is 0 Å². The fourth-order valence-electron chi connectivity index (χ4n) is 4.28. The zero-order valence-corrected chi connectivity index (χ0v) is 18.8. The van der Waals surface area contributed by atoms with E-state index >= 15 is 0 Å². The lowest BCUT2D eigenvalue weighted by molar-refractivity contribution is 0.0992. The quantitative estimate of drug-likeness (QED) is 0.651. The Hall–Kier alpha value is -3.09. The summed E-state index contributed by atoms with van der Waals surface area (Å²) >= 11 is 0. The molecule has 1 N–H and O–H groups in total. The number of anilines is 1. The fraction of sp³-hybridized carbons (Fsp3) is 0.308. The normalized spacial score (nSPS) is 19.0. The molecule has 1 fully saturated rings. The minimum atomic E-state index is -0.287. The highest BCUT2D eigenvalue weighted by Crippen LogP contribution is 2.21. The van der Waals surface area contributed by atoms with Crippen molar-refractivity contribution < 1.29 is 9.18 Å². The smallest absolute Gasteiger partial charge is 0.259 e. The van der Waals surface area contributed by atoms with Gasteiger partial charge in [0.1, 0.15) is 5.82 Å². The van der Waals surface area contributed by atoms with Crippen molar-refractivity contribution in [3.05, 3.63) is 83.8 Å². The van der Waals surface area contributed by atoms with E-state index in [9.17, 15) is 9.18 Å². The molecule has 0 spiro atoms. The van der Waals surface area contributed by atoms with Gasteiger partial charge in [0.05, 0.1) is 11.3 Å². The van der Waals surface area contributed by atoms with Crippen molar-refractivity contribution >= 4 is 11.6 Å². The van der Waals surface area contributed by atoms with Crippen molar-refractivity contribution in [2.75, 3.05) is 25.0 Å². The number of hydrogen-bond donors (Lipinski definition) is 1. The van der Waals surface area contributed by atoms with Crippen LogP contribution < -0.4 is 10.2 Å². The van der Waals surface area contributed by atoms with E-state index in [4.69, 9.17) is 0 Å². The Kier molecular flexibility index (Phi) is 6.63. The van der Waals surface area contributed by atoms with Crippen LogP contribution in [0.5, 0.6) is 0 Å². The van der Waals surface area contributed by atoms with Crippen molar-refractivity contribution in [2.45, 2.75) is 32.5 Å². The van der Waals surface area contributed by atoms with Gasteiger partial charge in [-0.3, -0.25) is 14.7 Å². The number of hydrogen-bond acceptors (Lipinski definition) is 4. The number of pyridine rings is 1. The van der Waals surface area contributed by atoms with E-state index in [2.05, 4.69) is 41.2 Å². The third kappa shape index (κ3) is 5.21. The molecule has 2 heterocycles. The molecule has 1 amide bonds. The largest absolute Gasteiger partial charge is 0.311 e. The summed E-state index contributed by atoms with van der Waals surface area (Å²) in [5.74, 6) is -0.411. The highest BCUT2D eigenvalue weighted by molar-refractivity contribution is 6.05. The van der Waals surface area contributed by atoms with Crippen LogP contribution in [0, 0.1) is 5.82 Å². The van der Waals surface area contributed by atoms with Crippen molar-refractivity contribution in [3.8, 4) is 11.3 Å². The van der Waals surface area contributed by atoms with E-state index in [1.165, 1.54) is 17.7 Å². The molecule has 0 bridgehead atoms. The summed E-state index contributed by atoms with van der Waals surface area (Å²) in [4.78, 5) is 21.4. The number of nitrogens with one attached hydrogen (secondary N) is 1. The van der Waals surface area contributed by atoms with Crippen LogP contribution in [0.15, 0.2) is 66.9 Å². The van der Waals surface area contributed by atoms with Crippen LogP contribution in [0.2, 0.25) is 0 Å². The minimum absolute atomic E-state index is 0.124. The van der Waals surface area contributed by atoms with Crippen molar-refractivity contribution in [3.63, 3.8) is 0 Å². The summed E-state index contributed by atoms with van der Waals surface area (Å²) in [5, 5.41) is 3.56. The number of nitrogens with zero attached hydrogens (tertiary/aromatic N) is 3. The Bertz CT molecular complexity index is 1040. The van der Waals surface area contributed by atoms with Gasteiger partial charge < -0.3 is 10.2 Å². The zero-order valence-electron chi connectivity index (χ0n) is 18.8. The summed E-state index contributed by atoms with van der Waals surface area (Å²) in [6.45, 7) is 7.40. The molecule has 2 atom stereocenters. The fourth-order valence-corrected chi connectivity index (χ4v) is 4.28. The number of benzene rings is 2. The van der Waals surface area contributed by atoms with E-state index < -0.39 is 0 Å². The molecule has 166 valence electrons. The zero-order chi connectivity index (χ0) is 22.7. The second kappa shape index (κ2) is 9.59. The molecule has 1 aromatic heterocycles. The van der Waals surface area contributed by atoms with Crippen LogP contribution in [0.3, 0.4) is 0 Å². The monoisotopic (exact) mass is 432 g/mol. The highest BCUT2D eigenvalue weighted by atomic mass is 19.1.